The minimum absolute atomic E-state index is 0.0577. The smallest absolute Gasteiger partial charge is 0.251 e. The van der Waals surface area contributed by atoms with Gasteiger partial charge in [-0.3, -0.25) is 4.79 Å². The van der Waals surface area contributed by atoms with Crippen LogP contribution in [0.15, 0.2) is 22.7 Å². The van der Waals surface area contributed by atoms with Crippen LogP contribution in [0.5, 0.6) is 0 Å². The van der Waals surface area contributed by atoms with Crippen molar-refractivity contribution in [3.63, 3.8) is 0 Å². The van der Waals surface area contributed by atoms with Crippen LogP contribution < -0.4 is 5.32 Å². The zero-order chi connectivity index (χ0) is 14.0. The highest BCUT2D eigenvalue weighted by molar-refractivity contribution is 9.10. The Morgan fingerprint density at radius 2 is 2.00 bits per heavy atom. The van der Waals surface area contributed by atoms with E-state index in [-0.39, 0.29) is 5.91 Å². The molecule has 104 valence electrons. The molecule has 0 spiro atoms. The molecule has 2 rings (SSSR count). The van der Waals surface area contributed by atoms with E-state index in [9.17, 15) is 4.79 Å². The van der Waals surface area contributed by atoms with Crippen LogP contribution in [-0.2, 0) is 0 Å². The Labute approximate surface area is 124 Å². The molecule has 1 N–H and O–H groups in total. The summed E-state index contributed by atoms with van der Waals surface area (Å²) in [6.45, 7) is 6.60. The summed E-state index contributed by atoms with van der Waals surface area (Å²) in [4.78, 5) is 12.2. The van der Waals surface area contributed by atoms with Crippen molar-refractivity contribution in [1.82, 2.24) is 5.32 Å². The summed E-state index contributed by atoms with van der Waals surface area (Å²) in [6.07, 6.45) is 3.42. The molecule has 0 aliphatic heterocycles. The molecule has 0 aromatic heterocycles. The average molecular weight is 324 g/mol. The average Bonchev–Trinajstić information content (AvgIpc) is 2.37. The van der Waals surface area contributed by atoms with Gasteiger partial charge < -0.3 is 5.32 Å². The lowest BCUT2D eigenvalue weighted by Crippen LogP contribution is -2.39. The molecular formula is C16H22BrNO. The van der Waals surface area contributed by atoms with E-state index in [1.807, 2.05) is 25.1 Å². The van der Waals surface area contributed by atoms with Crippen molar-refractivity contribution < 1.29 is 4.79 Å². The quantitative estimate of drug-likeness (QED) is 0.863. The summed E-state index contributed by atoms with van der Waals surface area (Å²) < 4.78 is 1.05. The van der Waals surface area contributed by atoms with E-state index in [1.54, 1.807) is 0 Å². The first kappa shape index (κ1) is 14.6. The maximum atomic E-state index is 12.2. The van der Waals surface area contributed by atoms with E-state index in [0.717, 1.165) is 34.4 Å². The molecule has 0 saturated heterocycles. The second kappa shape index (κ2) is 6.08. The van der Waals surface area contributed by atoms with Gasteiger partial charge in [0.1, 0.15) is 0 Å². The number of benzene rings is 1. The second-order valence-corrected chi connectivity index (χ2v) is 6.76. The molecule has 1 amide bonds. The molecule has 0 radical (unpaired) electrons. The summed E-state index contributed by atoms with van der Waals surface area (Å²) in [5.41, 5.74) is 1.85. The van der Waals surface area contributed by atoms with Crippen molar-refractivity contribution in [3.8, 4) is 0 Å². The number of rotatable bonds is 2. The number of carbonyl (C=O) groups excluding carboxylic acids is 1. The lowest BCUT2D eigenvalue weighted by atomic mass is 9.79. The number of amides is 1. The highest BCUT2D eigenvalue weighted by Crippen LogP contribution is 2.29. The minimum atomic E-state index is 0.0577. The van der Waals surface area contributed by atoms with E-state index in [0.29, 0.717) is 12.0 Å². The fraction of sp³-hybridized carbons (Fsp3) is 0.562. The van der Waals surface area contributed by atoms with Gasteiger partial charge >= 0.3 is 0 Å². The van der Waals surface area contributed by atoms with Crippen molar-refractivity contribution in [1.29, 1.82) is 0 Å². The number of halogens is 1. The Hall–Kier alpha value is -0.830. The molecule has 0 heterocycles. The van der Waals surface area contributed by atoms with Crippen molar-refractivity contribution in [2.45, 2.75) is 46.1 Å². The van der Waals surface area contributed by atoms with Crippen LogP contribution in [-0.4, -0.2) is 11.9 Å². The Kier molecular flexibility index (Phi) is 4.67. The molecule has 1 saturated carbocycles. The Morgan fingerprint density at radius 3 is 2.63 bits per heavy atom. The fourth-order valence-electron chi connectivity index (χ4n) is 2.73. The van der Waals surface area contributed by atoms with Crippen LogP contribution >= 0.6 is 15.9 Å². The van der Waals surface area contributed by atoms with E-state index in [4.69, 9.17) is 0 Å². The summed E-state index contributed by atoms with van der Waals surface area (Å²) >= 11 is 3.46. The zero-order valence-corrected chi connectivity index (χ0v) is 13.5. The van der Waals surface area contributed by atoms with Crippen molar-refractivity contribution in [2.24, 2.45) is 11.8 Å². The highest BCUT2D eigenvalue weighted by atomic mass is 79.9. The number of aryl methyl sites for hydroxylation is 1. The van der Waals surface area contributed by atoms with Crippen LogP contribution in [0, 0.1) is 18.8 Å². The van der Waals surface area contributed by atoms with Crippen molar-refractivity contribution in [3.05, 3.63) is 33.8 Å². The van der Waals surface area contributed by atoms with Gasteiger partial charge in [-0.25, -0.2) is 0 Å². The molecule has 1 aliphatic rings. The second-order valence-electron chi connectivity index (χ2n) is 5.90. The van der Waals surface area contributed by atoms with Gasteiger partial charge in [0.05, 0.1) is 0 Å². The molecule has 3 heteroatoms. The molecule has 1 aliphatic carbocycles. The molecule has 0 bridgehead atoms. The number of carbonyl (C=O) groups is 1. The number of hydrogen-bond acceptors (Lipinski definition) is 1. The third kappa shape index (κ3) is 3.59. The molecule has 3 atom stereocenters. The van der Waals surface area contributed by atoms with E-state index >= 15 is 0 Å². The molecule has 19 heavy (non-hydrogen) atoms. The van der Waals surface area contributed by atoms with Crippen LogP contribution in [0.3, 0.4) is 0 Å². The van der Waals surface area contributed by atoms with Crippen LogP contribution in [0.4, 0.5) is 0 Å². The molecule has 1 fully saturated rings. The lowest BCUT2D eigenvalue weighted by molar-refractivity contribution is 0.0910. The maximum Gasteiger partial charge on any atom is 0.251 e. The summed E-state index contributed by atoms with van der Waals surface area (Å²) in [5.74, 6) is 1.54. The van der Waals surface area contributed by atoms with Crippen molar-refractivity contribution >= 4 is 21.8 Å². The zero-order valence-electron chi connectivity index (χ0n) is 11.9. The maximum absolute atomic E-state index is 12.2. The SMILES string of the molecule is Cc1cc(C(=O)NC2CCC(C)C(C)C2)ccc1Br. The summed E-state index contributed by atoms with van der Waals surface area (Å²) in [7, 11) is 0. The standard InChI is InChI=1S/C16H22BrNO/c1-10-4-6-14(9-11(10)2)18-16(19)13-5-7-15(17)12(3)8-13/h5,7-8,10-11,14H,4,6,9H2,1-3H3,(H,18,19). The Bertz CT molecular complexity index is 472. The third-order valence-electron chi connectivity index (χ3n) is 4.35. The Morgan fingerprint density at radius 1 is 1.26 bits per heavy atom. The molecule has 1 aromatic rings. The van der Waals surface area contributed by atoms with Gasteiger partial charge in [0.15, 0.2) is 0 Å². The Balaban J connectivity index is 1.99. The van der Waals surface area contributed by atoms with Gasteiger partial charge in [0.2, 0.25) is 0 Å². The summed E-state index contributed by atoms with van der Waals surface area (Å²) in [5, 5.41) is 3.18. The van der Waals surface area contributed by atoms with Gasteiger partial charge in [-0.2, -0.15) is 0 Å². The van der Waals surface area contributed by atoms with E-state index in [2.05, 4.69) is 35.1 Å². The first-order valence-electron chi connectivity index (χ1n) is 7.04. The molecule has 3 unspecified atom stereocenters. The van der Waals surface area contributed by atoms with Gasteiger partial charge in [-0.05, 0) is 61.8 Å². The summed E-state index contributed by atoms with van der Waals surface area (Å²) in [6, 6.07) is 6.09. The monoisotopic (exact) mass is 323 g/mol. The van der Waals surface area contributed by atoms with Gasteiger partial charge in [-0.1, -0.05) is 29.8 Å². The van der Waals surface area contributed by atoms with Crippen LogP contribution in [0.1, 0.15) is 49.0 Å². The first-order chi connectivity index (χ1) is 8.97. The molecular weight excluding hydrogens is 302 g/mol. The first-order valence-corrected chi connectivity index (χ1v) is 7.83. The predicted molar refractivity (Wildman–Crippen MR) is 82.3 cm³/mol. The lowest BCUT2D eigenvalue weighted by Gasteiger charge is -2.32. The number of nitrogens with one attached hydrogen (secondary N) is 1. The van der Waals surface area contributed by atoms with Crippen molar-refractivity contribution in [2.75, 3.05) is 0 Å². The topological polar surface area (TPSA) is 29.1 Å². The highest BCUT2D eigenvalue weighted by Gasteiger charge is 2.25. The minimum Gasteiger partial charge on any atom is -0.349 e. The fourth-order valence-corrected chi connectivity index (χ4v) is 2.98. The largest absolute Gasteiger partial charge is 0.349 e. The van der Waals surface area contributed by atoms with Gasteiger partial charge in [0, 0.05) is 16.1 Å². The normalized spacial score (nSPS) is 27.1. The van der Waals surface area contributed by atoms with E-state index < -0.39 is 0 Å². The molecule has 2 nitrogen and oxygen atoms in total. The third-order valence-corrected chi connectivity index (χ3v) is 5.24. The van der Waals surface area contributed by atoms with Crippen LogP contribution in [0.25, 0.3) is 0 Å². The van der Waals surface area contributed by atoms with Gasteiger partial charge in [0.25, 0.3) is 5.91 Å². The van der Waals surface area contributed by atoms with Gasteiger partial charge in [-0.15, -0.1) is 0 Å². The predicted octanol–water partition coefficient (Wildman–Crippen LogP) is 4.31. The number of hydrogen-bond donors (Lipinski definition) is 1. The van der Waals surface area contributed by atoms with E-state index in [1.165, 1.54) is 6.42 Å². The van der Waals surface area contributed by atoms with Crippen LogP contribution in [0.2, 0.25) is 0 Å². The molecule has 1 aromatic carbocycles.